The van der Waals surface area contributed by atoms with E-state index in [1.165, 1.54) is 59.3 Å². The van der Waals surface area contributed by atoms with Gasteiger partial charge in [-0.25, -0.2) is 4.98 Å². The standard InChI is InChI=1S/C51H64N4O13/c1-22(2)54-18-19-55(23(3)4)40-31(54)21-32(57)37-48(40)67-47-38(52-37)34-35-43(60)29(10)46-36(34)49(62)51(12,68-46)65-20-17-33(64-13)26(7)45(66-30(11)56)28(9)42(59)27(8)41(58)24(5)15-14-16-25(6)50(63)53-39(47)44(35)61/h14-17,20-24,26-28,33,41-42,45,58-60,62H,18-19H2,1-13H3,(H,53,63)/b15-14+,20-17+,25-16-/t24-,26+,27+,28-,33-,41-,42-,45+,51-/m0/s1. The number of anilines is 3. The van der Waals surface area contributed by atoms with Gasteiger partial charge >= 0.3 is 11.8 Å². The number of aliphatic hydroxyl groups is 3. The number of aromatic nitrogens is 1. The van der Waals surface area contributed by atoms with Crippen molar-refractivity contribution in [3.8, 4) is 11.5 Å². The van der Waals surface area contributed by atoms with Crippen LogP contribution in [-0.4, -0.2) is 99.8 Å². The lowest BCUT2D eigenvalue weighted by Crippen LogP contribution is -2.47. The van der Waals surface area contributed by atoms with Crippen molar-refractivity contribution in [2.75, 3.05) is 35.3 Å². The molecular formula is C51H64N4O13. The normalized spacial score (nSPS) is 29.0. The van der Waals surface area contributed by atoms with Gasteiger partial charge in [-0.15, -0.1) is 0 Å². The highest BCUT2D eigenvalue weighted by atomic mass is 16.7. The molecule has 4 heterocycles. The molecule has 4 aromatic rings. The summed E-state index contributed by atoms with van der Waals surface area (Å²) in [6.07, 6.45) is 3.57. The van der Waals surface area contributed by atoms with E-state index in [9.17, 15) is 34.8 Å². The summed E-state index contributed by atoms with van der Waals surface area (Å²) in [6.45, 7) is 21.9. The van der Waals surface area contributed by atoms with Crippen LogP contribution < -0.4 is 35.9 Å². The highest BCUT2D eigenvalue weighted by Gasteiger charge is 2.44. The number of hydrogen-bond acceptors (Lipinski definition) is 16. The van der Waals surface area contributed by atoms with Crippen molar-refractivity contribution >= 4 is 67.7 Å². The SMILES string of the molecule is CO[C@H]1/C=C/O[C@@]2(C)Oc3c(C)c(O)c4c(=O)c(c5oc6c7c(cc(=O)c6nc5c4c3=C2O)N(C(C)C)CCN7C(C)C)NC(=O)/C(C)=C\C=C\[C@H](C)[C@H](O)[C@@H](C)[C@H](O)[C@H](C)[C@H](OC(C)=O)[C@@H]1C. The summed E-state index contributed by atoms with van der Waals surface area (Å²) < 4.78 is 30.9. The minimum absolute atomic E-state index is 0.00559. The first-order chi connectivity index (χ1) is 31.9. The lowest BCUT2D eigenvalue weighted by Gasteiger charge is -2.42. The minimum atomic E-state index is -1.99. The van der Waals surface area contributed by atoms with Gasteiger partial charge in [-0.2, -0.15) is 0 Å². The zero-order valence-corrected chi connectivity index (χ0v) is 41.0. The van der Waals surface area contributed by atoms with Gasteiger partial charge < -0.3 is 58.9 Å². The number of phenolic OH excluding ortho intramolecular Hbond substituents is 1. The lowest BCUT2D eigenvalue weighted by atomic mass is 9.78. The third-order valence-electron chi connectivity index (χ3n) is 14.0. The zero-order valence-electron chi connectivity index (χ0n) is 41.0. The topological polar surface area (TPSA) is 231 Å². The highest BCUT2D eigenvalue weighted by Crippen LogP contribution is 2.45. The Morgan fingerprint density at radius 2 is 1.57 bits per heavy atom. The van der Waals surface area contributed by atoms with Crippen molar-refractivity contribution in [3.63, 3.8) is 0 Å². The smallest absolute Gasteiger partial charge is 0.307 e. The van der Waals surface area contributed by atoms with E-state index in [1.807, 2.05) is 27.7 Å². The Morgan fingerprint density at radius 3 is 2.21 bits per heavy atom. The zero-order chi connectivity index (χ0) is 50.0. The van der Waals surface area contributed by atoms with Gasteiger partial charge in [0.25, 0.3) is 5.91 Å². The van der Waals surface area contributed by atoms with Gasteiger partial charge in [-0.1, -0.05) is 45.9 Å². The predicted molar refractivity (Wildman–Crippen MR) is 260 cm³/mol. The molecule has 68 heavy (non-hydrogen) atoms. The van der Waals surface area contributed by atoms with E-state index in [1.54, 1.807) is 39.8 Å². The molecule has 1 aromatic heterocycles. The Bertz CT molecular complexity index is 2960. The van der Waals surface area contributed by atoms with Gasteiger partial charge in [-0.3, -0.25) is 19.2 Å². The second-order valence-corrected chi connectivity index (χ2v) is 19.2. The molecule has 9 atom stereocenters. The molecule has 0 saturated heterocycles. The quantitative estimate of drug-likeness (QED) is 0.0897. The van der Waals surface area contributed by atoms with Crippen molar-refractivity contribution < 1.29 is 53.4 Å². The van der Waals surface area contributed by atoms with Crippen LogP contribution >= 0.6 is 0 Å². The van der Waals surface area contributed by atoms with Crippen molar-refractivity contribution in [1.82, 2.24) is 4.98 Å². The van der Waals surface area contributed by atoms with E-state index in [0.717, 1.165) is 0 Å². The number of esters is 1. The predicted octanol–water partition coefficient (Wildman–Crippen LogP) is 6.00. The first-order valence-corrected chi connectivity index (χ1v) is 23.1. The van der Waals surface area contributed by atoms with Gasteiger partial charge in [0.05, 0.1) is 40.9 Å². The van der Waals surface area contributed by atoms with E-state index in [2.05, 4.69) is 15.1 Å². The van der Waals surface area contributed by atoms with Gasteiger partial charge in [0.15, 0.2) is 22.4 Å². The van der Waals surface area contributed by atoms with Crippen LogP contribution in [0.15, 0.2) is 56.2 Å². The number of carbonyl (C=O) groups is 2. The average molecular weight is 941 g/mol. The molecule has 0 unspecified atom stereocenters. The number of phenols is 1. The first-order valence-electron chi connectivity index (χ1n) is 23.1. The second-order valence-electron chi connectivity index (χ2n) is 19.2. The number of methoxy groups -OCH3 is 1. The fourth-order valence-electron chi connectivity index (χ4n) is 9.91. The largest absolute Gasteiger partial charge is 0.507 e. The number of hydrogen-bond donors (Lipinski definition) is 5. The Morgan fingerprint density at radius 1 is 0.912 bits per heavy atom. The van der Waals surface area contributed by atoms with Crippen LogP contribution in [0.25, 0.3) is 38.7 Å². The summed E-state index contributed by atoms with van der Waals surface area (Å²) in [6, 6.07) is 1.46. The molecule has 0 spiro atoms. The highest BCUT2D eigenvalue weighted by molar-refractivity contribution is 6.17. The van der Waals surface area contributed by atoms with Crippen LogP contribution in [0, 0.1) is 30.6 Å². The molecule has 3 aliphatic rings. The molecule has 0 aliphatic carbocycles. The maximum absolute atomic E-state index is 15.1. The molecule has 0 saturated carbocycles. The molecule has 366 valence electrons. The van der Waals surface area contributed by atoms with Gasteiger partial charge in [0, 0.05) is 92.4 Å². The number of aliphatic hydroxyl groups excluding tert-OH is 3. The molecule has 0 radical (unpaired) electrons. The molecule has 7 rings (SSSR count). The number of nitrogens with one attached hydrogen (secondary N) is 1. The Labute approximate surface area is 394 Å². The molecule has 0 fully saturated rings. The third-order valence-corrected chi connectivity index (χ3v) is 14.0. The third kappa shape index (κ3) is 8.42. The molecule has 4 bridgehead atoms. The summed E-state index contributed by atoms with van der Waals surface area (Å²) in [5.41, 5.74) is -0.729. The molecule has 3 aliphatic heterocycles. The fraction of sp³-hybridized carbons (Fsp3) is 0.510. The number of fused-ring (bicyclic) bond motifs is 4. The maximum Gasteiger partial charge on any atom is 0.307 e. The average Bonchev–Trinajstić information content (AvgIpc) is 3.55. The van der Waals surface area contributed by atoms with E-state index < -0.39 is 88.1 Å². The summed E-state index contributed by atoms with van der Waals surface area (Å²) in [5.74, 6) is -6.97. The van der Waals surface area contributed by atoms with Crippen molar-refractivity contribution in [1.29, 1.82) is 0 Å². The number of nitrogens with zero attached hydrogens (tertiary/aromatic N) is 3. The first kappa shape index (κ1) is 49.7. The monoisotopic (exact) mass is 940 g/mol. The minimum Gasteiger partial charge on any atom is -0.507 e. The van der Waals surface area contributed by atoms with E-state index in [-0.39, 0.29) is 72.8 Å². The summed E-state index contributed by atoms with van der Waals surface area (Å²) in [7, 11) is 1.45. The Hall–Kier alpha value is -6.17. The fourth-order valence-corrected chi connectivity index (χ4v) is 9.91. The number of ether oxygens (including phenoxy) is 4. The second kappa shape index (κ2) is 18.7. The van der Waals surface area contributed by atoms with Gasteiger partial charge in [0.1, 0.15) is 34.5 Å². The molecule has 17 heteroatoms. The van der Waals surface area contributed by atoms with Crippen LogP contribution in [-0.2, 0) is 23.8 Å². The molecule has 5 N–H and O–H groups in total. The van der Waals surface area contributed by atoms with Crippen LogP contribution in [0.5, 0.6) is 11.5 Å². The molecular weight excluding hydrogens is 877 g/mol. The Balaban J connectivity index is 1.55. The van der Waals surface area contributed by atoms with E-state index in [4.69, 9.17) is 28.3 Å². The van der Waals surface area contributed by atoms with Crippen LogP contribution in [0.4, 0.5) is 17.1 Å². The number of aromatic hydroxyl groups is 1. The maximum atomic E-state index is 15.1. The van der Waals surface area contributed by atoms with E-state index >= 15 is 4.79 Å². The van der Waals surface area contributed by atoms with Crippen molar-refractivity contribution in [2.45, 2.75) is 125 Å². The van der Waals surface area contributed by atoms with Crippen molar-refractivity contribution in [3.05, 3.63) is 73.4 Å². The summed E-state index contributed by atoms with van der Waals surface area (Å²) in [4.78, 5) is 65.1. The Kier molecular flexibility index (Phi) is 13.7. The van der Waals surface area contributed by atoms with Crippen molar-refractivity contribution in [2.24, 2.45) is 23.7 Å². The number of carbonyl (C=O) groups excluding carboxylic acids is 2. The molecule has 17 nitrogen and oxygen atoms in total. The molecule has 1 amide bonds. The number of amides is 1. The van der Waals surface area contributed by atoms with Crippen LogP contribution in [0.2, 0.25) is 0 Å². The number of allylic oxidation sites excluding steroid dienone is 2. The summed E-state index contributed by atoms with van der Waals surface area (Å²) >= 11 is 0. The van der Waals surface area contributed by atoms with Gasteiger partial charge in [0.2, 0.25) is 10.9 Å². The van der Waals surface area contributed by atoms with Crippen LogP contribution in [0.1, 0.15) is 81.7 Å². The number of benzene rings is 3. The van der Waals surface area contributed by atoms with E-state index in [0.29, 0.717) is 24.5 Å². The van der Waals surface area contributed by atoms with Crippen LogP contribution in [0.3, 0.4) is 0 Å². The van der Waals surface area contributed by atoms with Gasteiger partial charge in [-0.05, 0) is 47.6 Å². The lowest BCUT2D eigenvalue weighted by molar-refractivity contribution is -0.160. The summed E-state index contributed by atoms with van der Waals surface area (Å²) in [5, 5.41) is 49.6. The molecule has 3 aromatic carbocycles. The number of rotatable bonds is 4.